The minimum atomic E-state index is -0.224. The molecule has 0 spiro atoms. The lowest BCUT2D eigenvalue weighted by Crippen LogP contribution is -2.25. The zero-order valence-corrected chi connectivity index (χ0v) is 15.8. The smallest absolute Gasteiger partial charge is 0.144 e. The van der Waals surface area contributed by atoms with Crippen LogP contribution in [0.3, 0.4) is 0 Å². The normalized spacial score (nSPS) is 31.5. The van der Waals surface area contributed by atoms with Crippen LogP contribution in [0.2, 0.25) is 5.02 Å². The first kappa shape index (κ1) is 18.0. The molecular weight excluding hydrogens is 319 g/mol. The van der Waals surface area contributed by atoms with E-state index in [4.69, 9.17) is 11.6 Å². The molecule has 2 aliphatic rings. The Kier molecular flexibility index (Phi) is 6.02. The molecule has 0 heterocycles. The van der Waals surface area contributed by atoms with Gasteiger partial charge in [-0.15, -0.1) is 0 Å². The summed E-state index contributed by atoms with van der Waals surface area (Å²) in [4.78, 5) is 0. The Labute approximate surface area is 151 Å². The van der Waals surface area contributed by atoms with E-state index in [9.17, 15) is 4.39 Å². The van der Waals surface area contributed by atoms with E-state index in [2.05, 4.69) is 19.1 Å². The van der Waals surface area contributed by atoms with Crippen LogP contribution in [-0.4, -0.2) is 0 Å². The third-order valence-electron chi connectivity index (χ3n) is 6.46. The molecule has 24 heavy (non-hydrogen) atoms. The Bertz CT molecular complexity index is 576. The summed E-state index contributed by atoms with van der Waals surface area (Å²) in [5, 5.41) is 0.366. The quantitative estimate of drug-likeness (QED) is 0.498. The Hall–Kier alpha value is -0.820. The van der Waals surface area contributed by atoms with Crippen molar-refractivity contribution in [3.63, 3.8) is 0 Å². The van der Waals surface area contributed by atoms with Crippen molar-refractivity contribution in [2.75, 3.05) is 0 Å². The van der Waals surface area contributed by atoms with Crippen LogP contribution in [0.1, 0.15) is 75.3 Å². The fourth-order valence-corrected chi connectivity index (χ4v) is 5.33. The van der Waals surface area contributed by atoms with E-state index in [1.165, 1.54) is 51.4 Å². The zero-order chi connectivity index (χ0) is 17.1. The number of hydrogen-bond donors (Lipinski definition) is 0. The van der Waals surface area contributed by atoms with Gasteiger partial charge in [0.05, 0.1) is 5.02 Å². The van der Waals surface area contributed by atoms with Crippen LogP contribution in [0.25, 0.3) is 0 Å². The molecule has 3 rings (SSSR count). The molecule has 0 radical (unpaired) electrons. The van der Waals surface area contributed by atoms with Crippen LogP contribution in [0.5, 0.6) is 0 Å². The molecule has 2 heteroatoms. The van der Waals surface area contributed by atoms with Gasteiger partial charge in [-0.05, 0) is 100 Å². The Balaban J connectivity index is 1.56. The lowest BCUT2D eigenvalue weighted by atomic mass is 9.68. The van der Waals surface area contributed by atoms with Crippen molar-refractivity contribution < 1.29 is 4.39 Å². The molecule has 0 nitrogen and oxygen atoms in total. The lowest BCUT2D eigenvalue weighted by Gasteiger charge is -2.37. The second-order valence-corrected chi connectivity index (χ2v) is 8.29. The van der Waals surface area contributed by atoms with Gasteiger partial charge in [-0.3, -0.25) is 0 Å². The van der Waals surface area contributed by atoms with Crippen molar-refractivity contribution in [3.8, 4) is 0 Å². The van der Waals surface area contributed by atoms with Gasteiger partial charge in [0.15, 0.2) is 0 Å². The fourth-order valence-electron chi connectivity index (χ4n) is 4.96. The van der Waals surface area contributed by atoms with E-state index in [1.807, 2.05) is 12.1 Å². The number of hydrogen-bond acceptors (Lipinski definition) is 0. The molecule has 0 N–H and O–H groups in total. The van der Waals surface area contributed by atoms with Crippen molar-refractivity contribution in [2.24, 2.45) is 17.8 Å². The van der Waals surface area contributed by atoms with Crippen molar-refractivity contribution in [1.82, 2.24) is 0 Å². The minimum absolute atomic E-state index is 0.224. The van der Waals surface area contributed by atoms with Crippen molar-refractivity contribution in [1.29, 1.82) is 0 Å². The second kappa shape index (κ2) is 8.04. The van der Waals surface area contributed by atoms with E-state index in [-0.39, 0.29) is 5.82 Å². The molecule has 0 bridgehead atoms. The maximum absolute atomic E-state index is 14.1. The van der Waals surface area contributed by atoms with Crippen LogP contribution in [0, 0.1) is 30.5 Å². The van der Waals surface area contributed by atoms with Crippen LogP contribution in [0.4, 0.5) is 4.39 Å². The highest BCUT2D eigenvalue weighted by atomic mass is 35.5. The molecule has 2 saturated carbocycles. The molecule has 1 aromatic carbocycles. The number of aryl methyl sites for hydroxylation is 1. The first-order valence-corrected chi connectivity index (χ1v) is 10.0. The average Bonchev–Trinajstić information content (AvgIpc) is 2.61. The molecule has 132 valence electrons. The van der Waals surface area contributed by atoms with E-state index in [1.54, 1.807) is 6.92 Å². The standard InChI is InChI=1S/C22H30ClF/c1-3-4-16-6-8-17(9-7-16)18-10-12-19(13-11-18)20-14-5-15(2)22(24)21(20)23/h3-5,14,16-19H,6-13H2,1-2H3. The first-order valence-electron chi connectivity index (χ1n) is 9.67. The van der Waals surface area contributed by atoms with Crippen LogP contribution in [-0.2, 0) is 0 Å². The highest BCUT2D eigenvalue weighted by molar-refractivity contribution is 6.31. The summed E-state index contributed by atoms with van der Waals surface area (Å²) in [6.07, 6.45) is 15.0. The fraction of sp³-hybridized carbons (Fsp3) is 0.636. The monoisotopic (exact) mass is 348 g/mol. The second-order valence-electron chi connectivity index (χ2n) is 7.91. The Morgan fingerprint density at radius 3 is 2.12 bits per heavy atom. The summed E-state index contributed by atoms with van der Waals surface area (Å²) in [7, 11) is 0. The highest BCUT2D eigenvalue weighted by Gasteiger charge is 2.31. The molecule has 0 saturated heterocycles. The minimum Gasteiger partial charge on any atom is -0.205 e. The molecule has 2 fully saturated rings. The molecule has 0 amide bonds. The molecular formula is C22H30ClF. The zero-order valence-electron chi connectivity index (χ0n) is 15.0. The highest BCUT2D eigenvalue weighted by Crippen LogP contribution is 2.45. The van der Waals surface area contributed by atoms with Crippen LogP contribution < -0.4 is 0 Å². The molecule has 2 aliphatic carbocycles. The Morgan fingerprint density at radius 2 is 1.54 bits per heavy atom. The van der Waals surface area contributed by atoms with Gasteiger partial charge in [0.2, 0.25) is 0 Å². The predicted octanol–water partition coefficient (Wildman–Crippen LogP) is 7.44. The van der Waals surface area contributed by atoms with Gasteiger partial charge in [-0.25, -0.2) is 4.39 Å². The van der Waals surface area contributed by atoms with E-state index < -0.39 is 0 Å². The summed E-state index contributed by atoms with van der Waals surface area (Å²) in [5.41, 5.74) is 1.69. The van der Waals surface area contributed by atoms with Crippen molar-refractivity contribution in [3.05, 3.63) is 46.3 Å². The number of halogens is 2. The summed E-state index contributed by atoms with van der Waals surface area (Å²) in [6, 6.07) is 3.93. The van der Waals surface area contributed by atoms with Gasteiger partial charge in [0.1, 0.15) is 5.82 Å². The SMILES string of the molecule is CC=CC1CCC(C2CCC(c3ccc(C)c(F)c3Cl)CC2)CC1. The summed E-state index contributed by atoms with van der Waals surface area (Å²) >= 11 is 6.28. The summed E-state index contributed by atoms with van der Waals surface area (Å²) in [5.74, 6) is 2.83. The van der Waals surface area contributed by atoms with Crippen molar-refractivity contribution in [2.45, 2.75) is 71.1 Å². The van der Waals surface area contributed by atoms with Gasteiger partial charge in [0, 0.05) is 0 Å². The summed E-state index contributed by atoms with van der Waals surface area (Å²) < 4.78 is 14.1. The van der Waals surface area contributed by atoms with Crippen molar-refractivity contribution >= 4 is 11.6 Å². The number of benzene rings is 1. The molecule has 0 aliphatic heterocycles. The third kappa shape index (κ3) is 3.87. The van der Waals surface area contributed by atoms with Crippen LogP contribution in [0.15, 0.2) is 24.3 Å². The average molecular weight is 349 g/mol. The van der Waals surface area contributed by atoms with Gasteiger partial charge in [0.25, 0.3) is 0 Å². The Morgan fingerprint density at radius 1 is 0.958 bits per heavy atom. The van der Waals surface area contributed by atoms with Gasteiger partial charge in [-0.1, -0.05) is 35.9 Å². The molecule has 1 aromatic rings. The maximum Gasteiger partial charge on any atom is 0.144 e. The summed E-state index contributed by atoms with van der Waals surface area (Å²) in [6.45, 7) is 3.92. The number of allylic oxidation sites excluding steroid dienone is 2. The van der Waals surface area contributed by atoms with E-state index >= 15 is 0 Å². The molecule has 0 aromatic heterocycles. The first-order chi connectivity index (χ1) is 11.6. The van der Waals surface area contributed by atoms with Gasteiger partial charge >= 0.3 is 0 Å². The van der Waals surface area contributed by atoms with Gasteiger partial charge < -0.3 is 0 Å². The third-order valence-corrected chi connectivity index (χ3v) is 6.85. The van der Waals surface area contributed by atoms with E-state index in [0.717, 1.165) is 23.3 Å². The largest absolute Gasteiger partial charge is 0.205 e. The van der Waals surface area contributed by atoms with E-state index in [0.29, 0.717) is 16.5 Å². The predicted molar refractivity (Wildman–Crippen MR) is 101 cm³/mol. The lowest BCUT2D eigenvalue weighted by molar-refractivity contribution is 0.171. The topological polar surface area (TPSA) is 0 Å². The number of rotatable bonds is 3. The van der Waals surface area contributed by atoms with Gasteiger partial charge in [-0.2, -0.15) is 0 Å². The molecule has 0 atom stereocenters. The van der Waals surface area contributed by atoms with Crippen LogP contribution >= 0.6 is 11.6 Å². The molecule has 0 unspecified atom stereocenters. The maximum atomic E-state index is 14.1.